The molecular formula is C16H17Cl2N3O2. The molecular weight excluding hydrogens is 337 g/mol. The van der Waals surface area contributed by atoms with Crippen molar-refractivity contribution in [1.82, 2.24) is 9.97 Å². The number of aliphatic hydroxyl groups is 1. The molecule has 1 aromatic rings. The standard InChI is InChI=1S/C16H17Cl2N3O2/c17-11-8-12(18)21-15(20-11)13(19)9-4-3-7-16(14(9)23)6-2-1-5-10(16)22/h8,19,23H,1-7H2/t16-/m1/s1. The Morgan fingerprint density at radius 1 is 1.13 bits per heavy atom. The van der Waals surface area contributed by atoms with Crippen LogP contribution in [0.15, 0.2) is 17.4 Å². The van der Waals surface area contributed by atoms with Crippen LogP contribution in [0.2, 0.25) is 10.3 Å². The predicted molar refractivity (Wildman–Crippen MR) is 88.3 cm³/mol. The van der Waals surface area contributed by atoms with E-state index in [1.54, 1.807) is 0 Å². The number of nitrogens with one attached hydrogen (secondary N) is 1. The summed E-state index contributed by atoms with van der Waals surface area (Å²) >= 11 is 11.7. The summed E-state index contributed by atoms with van der Waals surface area (Å²) in [6, 6.07) is 1.39. The third kappa shape index (κ3) is 2.88. The topological polar surface area (TPSA) is 86.9 Å². The van der Waals surface area contributed by atoms with Gasteiger partial charge in [-0.3, -0.25) is 10.2 Å². The van der Waals surface area contributed by atoms with Gasteiger partial charge in [-0.15, -0.1) is 0 Å². The quantitative estimate of drug-likeness (QED) is 0.613. The third-order valence-corrected chi connectivity index (χ3v) is 5.14. The van der Waals surface area contributed by atoms with Crippen molar-refractivity contribution in [3.63, 3.8) is 0 Å². The molecule has 1 aromatic heterocycles. The lowest BCUT2D eigenvalue weighted by Crippen LogP contribution is -2.39. The SMILES string of the molecule is N=C(C1=C(O)[C@]2(CCCCC2=O)CCC1)c1nc(Cl)cc(Cl)n1. The number of nitrogens with zero attached hydrogens (tertiary/aromatic N) is 2. The molecule has 7 heteroatoms. The fraction of sp³-hybridized carbons (Fsp3) is 0.500. The fourth-order valence-electron chi connectivity index (χ4n) is 3.58. The van der Waals surface area contributed by atoms with E-state index in [9.17, 15) is 9.90 Å². The molecule has 2 N–H and O–H groups in total. The van der Waals surface area contributed by atoms with Gasteiger partial charge in [-0.2, -0.15) is 0 Å². The van der Waals surface area contributed by atoms with Crippen LogP contribution in [0, 0.1) is 10.8 Å². The number of rotatable bonds is 2. The smallest absolute Gasteiger partial charge is 0.180 e. The molecule has 0 radical (unpaired) electrons. The second kappa shape index (κ2) is 6.21. The van der Waals surface area contributed by atoms with Crippen molar-refractivity contribution in [2.24, 2.45) is 5.41 Å². The van der Waals surface area contributed by atoms with Crippen LogP contribution >= 0.6 is 23.2 Å². The largest absolute Gasteiger partial charge is 0.511 e. The monoisotopic (exact) mass is 353 g/mol. The highest BCUT2D eigenvalue weighted by Crippen LogP contribution is 2.47. The van der Waals surface area contributed by atoms with E-state index >= 15 is 0 Å². The van der Waals surface area contributed by atoms with Gasteiger partial charge < -0.3 is 5.11 Å². The van der Waals surface area contributed by atoms with Gasteiger partial charge in [0.15, 0.2) is 5.82 Å². The van der Waals surface area contributed by atoms with E-state index in [0.29, 0.717) is 31.3 Å². The minimum Gasteiger partial charge on any atom is -0.511 e. The summed E-state index contributed by atoms with van der Waals surface area (Å²) in [6.07, 6.45) is 4.83. The van der Waals surface area contributed by atoms with Crippen LogP contribution in [-0.4, -0.2) is 26.6 Å². The van der Waals surface area contributed by atoms with Crippen LogP contribution < -0.4 is 0 Å². The molecule has 1 saturated carbocycles. The zero-order chi connectivity index (χ0) is 16.6. The lowest BCUT2D eigenvalue weighted by atomic mass is 9.64. The number of hydrogen-bond acceptors (Lipinski definition) is 5. The average Bonchev–Trinajstić information content (AvgIpc) is 2.51. The normalized spacial score (nSPS) is 25.0. The maximum atomic E-state index is 12.5. The Kier molecular flexibility index (Phi) is 4.43. The van der Waals surface area contributed by atoms with E-state index in [1.807, 2.05) is 0 Å². The second-order valence-corrected chi connectivity index (χ2v) is 6.88. The summed E-state index contributed by atoms with van der Waals surface area (Å²) < 4.78 is 0. The van der Waals surface area contributed by atoms with Crippen molar-refractivity contribution in [3.8, 4) is 0 Å². The predicted octanol–water partition coefficient (Wildman–Crippen LogP) is 4.28. The molecule has 1 spiro atoms. The third-order valence-electron chi connectivity index (χ3n) is 4.75. The molecule has 0 amide bonds. The number of allylic oxidation sites excluding steroid dienone is 2. The van der Waals surface area contributed by atoms with Gasteiger partial charge >= 0.3 is 0 Å². The molecule has 1 atom stereocenters. The van der Waals surface area contributed by atoms with E-state index in [2.05, 4.69) is 9.97 Å². The van der Waals surface area contributed by atoms with Gasteiger partial charge in [0.05, 0.1) is 5.41 Å². The minimum absolute atomic E-state index is 0.00986. The molecule has 0 saturated heterocycles. The molecule has 2 aliphatic carbocycles. The molecule has 1 heterocycles. The van der Waals surface area contributed by atoms with Crippen molar-refractivity contribution >= 4 is 34.7 Å². The van der Waals surface area contributed by atoms with Crippen LogP contribution in [0.4, 0.5) is 0 Å². The summed E-state index contributed by atoms with van der Waals surface area (Å²) in [6.45, 7) is 0. The first-order chi connectivity index (χ1) is 10.9. The number of aromatic nitrogens is 2. The zero-order valence-electron chi connectivity index (χ0n) is 12.5. The van der Waals surface area contributed by atoms with Crippen LogP contribution in [0.3, 0.4) is 0 Å². The highest BCUT2D eigenvalue weighted by atomic mass is 35.5. The number of carbonyl (C=O) groups excluding carboxylic acids is 1. The Morgan fingerprint density at radius 3 is 2.43 bits per heavy atom. The van der Waals surface area contributed by atoms with E-state index in [-0.39, 0.29) is 33.4 Å². The Bertz CT molecular complexity index is 697. The number of Topliss-reactive ketones (excluding diaryl/α,β-unsaturated/α-hetero) is 1. The molecule has 0 bridgehead atoms. The molecule has 0 aliphatic heterocycles. The van der Waals surface area contributed by atoms with Crippen molar-refractivity contribution < 1.29 is 9.90 Å². The summed E-state index contributed by atoms with van der Waals surface area (Å²) in [7, 11) is 0. The summed E-state index contributed by atoms with van der Waals surface area (Å²) in [5.41, 5.74) is -0.394. The first kappa shape index (κ1) is 16.4. The Balaban J connectivity index is 2.03. The van der Waals surface area contributed by atoms with Crippen LogP contribution in [-0.2, 0) is 4.79 Å². The van der Waals surface area contributed by atoms with Crippen LogP contribution in [0.25, 0.3) is 0 Å². The van der Waals surface area contributed by atoms with Gasteiger partial charge in [0.1, 0.15) is 27.6 Å². The molecule has 3 rings (SSSR count). The van der Waals surface area contributed by atoms with Gasteiger partial charge in [-0.25, -0.2) is 9.97 Å². The van der Waals surface area contributed by atoms with E-state index in [0.717, 1.165) is 19.3 Å². The maximum absolute atomic E-state index is 12.5. The molecule has 0 aromatic carbocycles. The number of halogens is 2. The highest BCUT2D eigenvalue weighted by molar-refractivity contribution is 6.33. The van der Waals surface area contributed by atoms with Crippen molar-refractivity contribution in [2.75, 3.05) is 0 Å². The molecule has 1 fully saturated rings. The molecule has 5 nitrogen and oxygen atoms in total. The highest BCUT2D eigenvalue weighted by Gasteiger charge is 2.46. The van der Waals surface area contributed by atoms with Crippen molar-refractivity contribution in [3.05, 3.63) is 33.5 Å². The van der Waals surface area contributed by atoms with Gasteiger partial charge in [-0.1, -0.05) is 29.6 Å². The summed E-state index contributed by atoms with van der Waals surface area (Å²) in [5.74, 6) is 0.179. The minimum atomic E-state index is -0.819. The lowest BCUT2D eigenvalue weighted by molar-refractivity contribution is -0.131. The lowest BCUT2D eigenvalue weighted by Gasteiger charge is -2.39. The second-order valence-electron chi connectivity index (χ2n) is 6.11. The van der Waals surface area contributed by atoms with Gasteiger partial charge in [0, 0.05) is 18.1 Å². The summed E-state index contributed by atoms with van der Waals surface area (Å²) in [4.78, 5) is 20.5. The average molecular weight is 354 g/mol. The van der Waals surface area contributed by atoms with Gasteiger partial charge in [0.2, 0.25) is 0 Å². The van der Waals surface area contributed by atoms with Gasteiger partial charge in [0.25, 0.3) is 0 Å². The number of carbonyl (C=O) groups is 1. The molecule has 0 unspecified atom stereocenters. The van der Waals surface area contributed by atoms with E-state index in [1.165, 1.54) is 6.07 Å². The number of hydrogen-bond donors (Lipinski definition) is 2. The number of ketones is 1. The van der Waals surface area contributed by atoms with Crippen molar-refractivity contribution in [1.29, 1.82) is 5.41 Å². The van der Waals surface area contributed by atoms with Crippen LogP contribution in [0.5, 0.6) is 0 Å². The fourth-order valence-corrected chi connectivity index (χ4v) is 4.00. The first-order valence-corrected chi connectivity index (χ1v) is 8.45. The Hall–Kier alpha value is -1.46. The van der Waals surface area contributed by atoms with E-state index in [4.69, 9.17) is 28.6 Å². The Labute approximate surface area is 144 Å². The zero-order valence-corrected chi connectivity index (χ0v) is 14.0. The van der Waals surface area contributed by atoms with E-state index < -0.39 is 5.41 Å². The Morgan fingerprint density at radius 2 is 1.78 bits per heavy atom. The molecule has 122 valence electrons. The van der Waals surface area contributed by atoms with Crippen LogP contribution in [0.1, 0.15) is 50.8 Å². The van der Waals surface area contributed by atoms with Gasteiger partial charge in [-0.05, 0) is 32.1 Å². The first-order valence-electron chi connectivity index (χ1n) is 7.69. The number of aliphatic hydroxyl groups excluding tert-OH is 1. The van der Waals surface area contributed by atoms with Crippen molar-refractivity contribution in [2.45, 2.75) is 44.9 Å². The molecule has 2 aliphatic rings. The summed E-state index contributed by atoms with van der Waals surface area (Å²) in [5, 5.41) is 19.4. The maximum Gasteiger partial charge on any atom is 0.180 e. The molecule has 23 heavy (non-hydrogen) atoms.